The number of piperidine rings is 1. The molecule has 5 rings (SSSR count). The van der Waals surface area contributed by atoms with Crippen LogP contribution in [-0.2, 0) is 4.74 Å². The van der Waals surface area contributed by atoms with Crippen LogP contribution in [0.5, 0.6) is 0 Å². The van der Waals surface area contributed by atoms with Crippen LogP contribution in [0.25, 0.3) is 22.9 Å². The zero-order chi connectivity index (χ0) is 23.3. The van der Waals surface area contributed by atoms with E-state index in [1.54, 1.807) is 0 Å². The Kier molecular flexibility index (Phi) is 7.02. The highest BCUT2D eigenvalue weighted by atomic mass is 16.5. The number of aryl methyl sites for hydroxylation is 1. The summed E-state index contributed by atoms with van der Waals surface area (Å²) in [6, 6.07) is 15.4. The molecule has 2 aliphatic heterocycles. The van der Waals surface area contributed by atoms with E-state index in [2.05, 4.69) is 15.1 Å². The van der Waals surface area contributed by atoms with Crippen molar-refractivity contribution in [3.8, 4) is 22.9 Å². The third-order valence-corrected chi connectivity index (χ3v) is 7.04. The number of carbonyl (C=O) groups excluding carboxylic acids is 1. The number of likely N-dealkylation sites (tertiary alicyclic amines) is 1. The lowest BCUT2D eigenvalue weighted by molar-refractivity contribution is 0.0332. The molecule has 2 aliphatic rings. The Morgan fingerprint density at radius 2 is 1.65 bits per heavy atom. The first-order valence-corrected chi connectivity index (χ1v) is 12.3. The van der Waals surface area contributed by atoms with Crippen LogP contribution in [0.2, 0.25) is 0 Å². The van der Waals surface area contributed by atoms with Gasteiger partial charge < -0.3 is 14.1 Å². The van der Waals surface area contributed by atoms with Gasteiger partial charge in [0.15, 0.2) is 0 Å². The van der Waals surface area contributed by atoms with Gasteiger partial charge in [-0.05, 0) is 74.5 Å². The van der Waals surface area contributed by atoms with E-state index >= 15 is 0 Å². The Bertz CT molecular complexity index is 1100. The highest BCUT2D eigenvalue weighted by molar-refractivity contribution is 5.94. The van der Waals surface area contributed by atoms with Gasteiger partial charge in [0.05, 0.1) is 13.2 Å². The SMILES string of the molecule is Cc1ccccc1-c1nnc(-c2ccc(C(=O)N3CCC(CCN4CCOCC4)CC3)cc2)o1. The lowest BCUT2D eigenvalue weighted by Crippen LogP contribution is -2.40. The number of rotatable bonds is 6. The highest BCUT2D eigenvalue weighted by Gasteiger charge is 2.24. The highest BCUT2D eigenvalue weighted by Crippen LogP contribution is 2.27. The minimum atomic E-state index is 0.101. The van der Waals surface area contributed by atoms with Gasteiger partial charge in [0.25, 0.3) is 5.91 Å². The first-order chi connectivity index (χ1) is 16.7. The summed E-state index contributed by atoms with van der Waals surface area (Å²) in [6.45, 7) is 8.62. The molecule has 7 nitrogen and oxygen atoms in total. The minimum Gasteiger partial charge on any atom is -0.416 e. The number of carbonyl (C=O) groups is 1. The second-order valence-corrected chi connectivity index (χ2v) is 9.28. The van der Waals surface area contributed by atoms with Crippen LogP contribution >= 0.6 is 0 Å². The fourth-order valence-electron chi connectivity index (χ4n) is 4.81. The number of hydrogen-bond donors (Lipinski definition) is 0. The standard InChI is InChI=1S/C27H32N4O3/c1-20-4-2-3-5-24(20)26-29-28-25(34-26)22-6-8-23(9-7-22)27(32)31-14-11-21(12-15-31)10-13-30-16-18-33-19-17-30/h2-9,21H,10-19H2,1H3. The molecule has 0 aliphatic carbocycles. The van der Waals surface area contributed by atoms with Gasteiger partial charge in [-0.3, -0.25) is 9.69 Å². The van der Waals surface area contributed by atoms with Gasteiger partial charge in [-0.2, -0.15) is 0 Å². The summed E-state index contributed by atoms with van der Waals surface area (Å²) in [7, 11) is 0. The lowest BCUT2D eigenvalue weighted by atomic mass is 9.93. The van der Waals surface area contributed by atoms with E-state index in [1.165, 1.54) is 6.42 Å². The van der Waals surface area contributed by atoms with Crippen molar-refractivity contribution in [2.75, 3.05) is 45.9 Å². The number of nitrogens with zero attached hydrogens (tertiary/aromatic N) is 4. The molecular formula is C27H32N4O3. The third kappa shape index (κ3) is 5.21. The Morgan fingerprint density at radius 1 is 0.941 bits per heavy atom. The van der Waals surface area contributed by atoms with Crippen LogP contribution in [0.15, 0.2) is 52.9 Å². The fraction of sp³-hybridized carbons (Fsp3) is 0.444. The zero-order valence-electron chi connectivity index (χ0n) is 19.8. The minimum absolute atomic E-state index is 0.101. The van der Waals surface area contributed by atoms with E-state index in [-0.39, 0.29) is 5.91 Å². The van der Waals surface area contributed by atoms with Crippen molar-refractivity contribution in [1.29, 1.82) is 0 Å². The summed E-state index contributed by atoms with van der Waals surface area (Å²) in [5.41, 5.74) is 3.53. The van der Waals surface area contributed by atoms with Gasteiger partial charge in [0.2, 0.25) is 11.8 Å². The van der Waals surface area contributed by atoms with E-state index in [1.807, 2.05) is 60.4 Å². The van der Waals surface area contributed by atoms with E-state index in [0.29, 0.717) is 23.3 Å². The van der Waals surface area contributed by atoms with Crippen molar-refractivity contribution in [3.63, 3.8) is 0 Å². The largest absolute Gasteiger partial charge is 0.416 e. The molecule has 0 atom stereocenters. The smallest absolute Gasteiger partial charge is 0.253 e. The molecular weight excluding hydrogens is 428 g/mol. The Morgan fingerprint density at radius 3 is 2.38 bits per heavy atom. The van der Waals surface area contributed by atoms with Crippen LogP contribution in [0.3, 0.4) is 0 Å². The summed E-state index contributed by atoms with van der Waals surface area (Å²) in [6.07, 6.45) is 3.38. The molecule has 34 heavy (non-hydrogen) atoms. The summed E-state index contributed by atoms with van der Waals surface area (Å²) >= 11 is 0. The van der Waals surface area contributed by atoms with E-state index in [4.69, 9.17) is 9.15 Å². The number of ether oxygens (including phenoxy) is 1. The maximum atomic E-state index is 13.0. The molecule has 3 heterocycles. The predicted octanol–water partition coefficient (Wildman–Crippen LogP) is 4.29. The molecule has 0 bridgehead atoms. The maximum absolute atomic E-state index is 13.0. The molecule has 3 aromatic rings. The first kappa shape index (κ1) is 22.7. The third-order valence-electron chi connectivity index (χ3n) is 7.04. The summed E-state index contributed by atoms with van der Waals surface area (Å²) in [4.78, 5) is 17.5. The molecule has 178 valence electrons. The van der Waals surface area contributed by atoms with Crippen molar-refractivity contribution in [2.24, 2.45) is 5.92 Å². The first-order valence-electron chi connectivity index (χ1n) is 12.3. The van der Waals surface area contributed by atoms with Gasteiger partial charge in [-0.1, -0.05) is 18.2 Å². The molecule has 0 unspecified atom stereocenters. The van der Waals surface area contributed by atoms with Gasteiger partial charge in [-0.15, -0.1) is 10.2 Å². The molecule has 1 aromatic heterocycles. The number of morpholine rings is 1. The van der Waals surface area contributed by atoms with Crippen molar-refractivity contribution in [1.82, 2.24) is 20.0 Å². The topological polar surface area (TPSA) is 71.7 Å². The van der Waals surface area contributed by atoms with Crippen molar-refractivity contribution in [2.45, 2.75) is 26.2 Å². The van der Waals surface area contributed by atoms with Gasteiger partial charge in [0, 0.05) is 42.9 Å². The number of benzene rings is 2. The second kappa shape index (κ2) is 10.5. The van der Waals surface area contributed by atoms with Gasteiger partial charge in [-0.25, -0.2) is 0 Å². The van der Waals surface area contributed by atoms with Crippen molar-refractivity contribution >= 4 is 5.91 Å². The monoisotopic (exact) mass is 460 g/mol. The number of aromatic nitrogens is 2. The van der Waals surface area contributed by atoms with Crippen LogP contribution < -0.4 is 0 Å². The molecule has 0 saturated carbocycles. The van der Waals surface area contributed by atoms with Crippen molar-refractivity contribution < 1.29 is 13.9 Å². The van der Waals surface area contributed by atoms with Crippen LogP contribution in [0.4, 0.5) is 0 Å². The average Bonchev–Trinajstić information content (AvgIpc) is 3.38. The number of hydrogen-bond acceptors (Lipinski definition) is 6. The Hall–Kier alpha value is -3.03. The molecule has 2 fully saturated rings. The summed E-state index contributed by atoms with van der Waals surface area (Å²) < 4.78 is 11.3. The molecule has 2 aromatic carbocycles. The van der Waals surface area contributed by atoms with Gasteiger partial charge >= 0.3 is 0 Å². The summed E-state index contributed by atoms with van der Waals surface area (Å²) in [5, 5.41) is 8.41. The molecule has 2 saturated heterocycles. The molecule has 1 amide bonds. The predicted molar refractivity (Wildman–Crippen MR) is 130 cm³/mol. The maximum Gasteiger partial charge on any atom is 0.253 e. The quantitative estimate of drug-likeness (QED) is 0.547. The molecule has 7 heteroatoms. The fourth-order valence-corrected chi connectivity index (χ4v) is 4.81. The summed E-state index contributed by atoms with van der Waals surface area (Å²) in [5.74, 6) is 1.77. The molecule has 0 spiro atoms. The lowest BCUT2D eigenvalue weighted by Gasteiger charge is -2.34. The van der Waals surface area contributed by atoms with E-state index in [9.17, 15) is 4.79 Å². The van der Waals surface area contributed by atoms with Crippen LogP contribution in [0, 0.1) is 12.8 Å². The zero-order valence-corrected chi connectivity index (χ0v) is 19.8. The second-order valence-electron chi connectivity index (χ2n) is 9.28. The molecule has 0 N–H and O–H groups in total. The van der Waals surface area contributed by atoms with Crippen molar-refractivity contribution in [3.05, 3.63) is 59.7 Å². The van der Waals surface area contributed by atoms with E-state index < -0.39 is 0 Å². The average molecular weight is 461 g/mol. The van der Waals surface area contributed by atoms with E-state index in [0.717, 1.165) is 75.5 Å². The normalized spacial score (nSPS) is 17.7. The Balaban J connectivity index is 1.15. The van der Waals surface area contributed by atoms with Crippen LogP contribution in [-0.4, -0.2) is 71.8 Å². The Labute approximate surface area is 200 Å². The molecule has 0 radical (unpaired) electrons. The number of amides is 1. The van der Waals surface area contributed by atoms with Crippen LogP contribution in [0.1, 0.15) is 35.2 Å². The van der Waals surface area contributed by atoms with Gasteiger partial charge in [0.1, 0.15) is 0 Å².